The fourth-order valence-corrected chi connectivity index (χ4v) is 3.47. The number of benzene rings is 2. The van der Waals surface area contributed by atoms with E-state index < -0.39 is 5.97 Å². The Labute approximate surface area is 198 Å². The number of aromatic nitrogens is 2. The lowest BCUT2D eigenvalue weighted by atomic mass is 10.1. The van der Waals surface area contributed by atoms with Crippen LogP contribution in [0.2, 0.25) is 0 Å². The second-order valence-corrected chi connectivity index (χ2v) is 7.76. The highest BCUT2D eigenvalue weighted by Crippen LogP contribution is 2.28. The predicted molar refractivity (Wildman–Crippen MR) is 127 cm³/mol. The van der Waals surface area contributed by atoms with E-state index >= 15 is 0 Å². The Kier molecular flexibility index (Phi) is 7.55. The van der Waals surface area contributed by atoms with Gasteiger partial charge in [-0.1, -0.05) is 30.3 Å². The van der Waals surface area contributed by atoms with E-state index in [9.17, 15) is 4.79 Å². The zero-order chi connectivity index (χ0) is 23.8. The molecule has 0 saturated heterocycles. The molecule has 0 atom stereocenters. The number of oxazole rings is 1. The lowest BCUT2D eigenvalue weighted by molar-refractivity contribution is -0.136. The molecule has 0 bridgehead atoms. The van der Waals surface area contributed by atoms with Crippen LogP contribution in [0.5, 0.6) is 11.5 Å². The summed E-state index contributed by atoms with van der Waals surface area (Å²) < 4.78 is 17.7. The molecule has 0 aliphatic heterocycles. The van der Waals surface area contributed by atoms with E-state index in [1.807, 2.05) is 67.6 Å². The van der Waals surface area contributed by atoms with E-state index in [-0.39, 0.29) is 13.0 Å². The van der Waals surface area contributed by atoms with Gasteiger partial charge >= 0.3 is 5.97 Å². The van der Waals surface area contributed by atoms with Gasteiger partial charge in [0.15, 0.2) is 0 Å². The number of pyridine rings is 1. The van der Waals surface area contributed by atoms with Crippen molar-refractivity contribution in [2.45, 2.75) is 32.8 Å². The fourth-order valence-electron chi connectivity index (χ4n) is 3.47. The van der Waals surface area contributed by atoms with E-state index in [1.54, 1.807) is 12.3 Å². The summed E-state index contributed by atoms with van der Waals surface area (Å²) >= 11 is 0. The zero-order valence-electron chi connectivity index (χ0n) is 18.9. The predicted octanol–water partition coefficient (Wildman–Crippen LogP) is 5.26. The maximum Gasteiger partial charge on any atom is 0.303 e. The molecule has 1 N–H and O–H groups in total. The van der Waals surface area contributed by atoms with Gasteiger partial charge in [0, 0.05) is 30.7 Å². The summed E-state index contributed by atoms with van der Waals surface area (Å²) in [5.74, 6) is 1.74. The summed E-state index contributed by atoms with van der Waals surface area (Å²) in [5, 5.41) is 9.06. The molecule has 7 heteroatoms. The molecule has 2 heterocycles. The van der Waals surface area contributed by atoms with Gasteiger partial charge < -0.3 is 19.0 Å². The molecule has 0 radical (unpaired) electrons. The first-order valence-electron chi connectivity index (χ1n) is 11.1. The van der Waals surface area contributed by atoms with Crippen LogP contribution in [-0.4, -0.2) is 27.7 Å². The Hall–Kier alpha value is -4.13. The van der Waals surface area contributed by atoms with Crippen LogP contribution >= 0.6 is 0 Å². The zero-order valence-corrected chi connectivity index (χ0v) is 18.9. The molecule has 0 amide bonds. The third-order valence-corrected chi connectivity index (χ3v) is 5.27. The normalized spacial score (nSPS) is 10.7. The van der Waals surface area contributed by atoms with Crippen molar-refractivity contribution in [3.8, 4) is 23.0 Å². The Morgan fingerprint density at radius 1 is 1.00 bits per heavy atom. The standard InChI is InChI=1S/C27H26N2O5/c1-19-24(29-27(34-19)21-7-3-2-4-8-21)14-16-32-23-12-10-20(11-13-26(30)31)25(17-23)33-18-22-9-5-6-15-28-22/h2-10,12,15,17H,11,13-14,16,18H2,1H3,(H,30,31). The van der Waals surface area contributed by atoms with Crippen LogP contribution in [0, 0.1) is 6.92 Å². The summed E-state index contributed by atoms with van der Waals surface area (Å²) in [6.07, 6.45) is 2.69. The third kappa shape index (κ3) is 6.22. The minimum atomic E-state index is -0.853. The monoisotopic (exact) mass is 458 g/mol. The number of hydrogen-bond acceptors (Lipinski definition) is 6. The number of aliphatic carboxylic acids is 1. The van der Waals surface area contributed by atoms with Gasteiger partial charge in [0.25, 0.3) is 0 Å². The van der Waals surface area contributed by atoms with Crippen LogP contribution in [0.4, 0.5) is 0 Å². The lowest BCUT2D eigenvalue weighted by Gasteiger charge is -2.13. The van der Waals surface area contributed by atoms with Crippen molar-refractivity contribution in [3.05, 3.63) is 95.6 Å². The number of carboxylic acids is 1. The van der Waals surface area contributed by atoms with Crippen molar-refractivity contribution in [2.24, 2.45) is 0 Å². The lowest BCUT2D eigenvalue weighted by Crippen LogP contribution is -2.05. The Morgan fingerprint density at radius 3 is 2.59 bits per heavy atom. The second-order valence-electron chi connectivity index (χ2n) is 7.76. The minimum Gasteiger partial charge on any atom is -0.493 e. The van der Waals surface area contributed by atoms with Gasteiger partial charge in [-0.05, 0) is 49.2 Å². The highest BCUT2D eigenvalue weighted by atomic mass is 16.5. The van der Waals surface area contributed by atoms with Crippen LogP contribution in [0.15, 0.2) is 77.3 Å². The molecule has 7 nitrogen and oxygen atoms in total. The molecule has 4 aromatic rings. The van der Waals surface area contributed by atoms with Crippen LogP contribution in [-0.2, 0) is 24.2 Å². The highest BCUT2D eigenvalue weighted by molar-refractivity contribution is 5.67. The largest absolute Gasteiger partial charge is 0.493 e. The third-order valence-electron chi connectivity index (χ3n) is 5.27. The smallest absolute Gasteiger partial charge is 0.303 e. The molecule has 4 rings (SSSR count). The molecule has 0 saturated carbocycles. The van der Waals surface area contributed by atoms with Crippen molar-refractivity contribution in [1.29, 1.82) is 0 Å². The molecule has 2 aromatic carbocycles. The van der Waals surface area contributed by atoms with Gasteiger partial charge in [-0.2, -0.15) is 0 Å². The number of hydrogen-bond donors (Lipinski definition) is 1. The molecule has 0 aliphatic rings. The molecule has 0 fully saturated rings. The average molecular weight is 459 g/mol. The summed E-state index contributed by atoms with van der Waals surface area (Å²) in [7, 11) is 0. The minimum absolute atomic E-state index is 0.0231. The molecule has 174 valence electrons. The summed E-state index contributed by atoms with van der Waals surface area (Å²) in [6.45, 7) is 2.59. The molecule has 34 heavy (non-hydrogen) atoms. The molecule has 0 spiro atoms. The Balaban J connectivity index is 1.41. The second kappa shape index (κ2) is 11.1. The maximum absolute atomic E-state index is 11.0. The summed E-state index contributed by atoms with van der Waals surface area (Å²) in [4.78, 5) is 19.9. The van der Waals surface area contributed by atoms with Gasteiger partial charge in [-0.15, -0.1) is 0 Å². The van der Waals surface area contributed by atoms with Gasteiger partial charge in [0.05, 0.1) is 18.0 Å². The number of carbonyl (C=O) groups is 1. The maximum atomic E-state index is 11.0. The molecular weight excluding hydrogens is 432 g/mol. The number of nitrogens with zero attached hydrogens (tertiary/aromatic N) is 2. The van der Waals surface area contributed by atoms with Crippen molar-refractivity contribution in [2.75, 3.05) is 6.61 Å². The van der Waals surface area contributed by atoms with Gasteiger partial charge in [0.2, 0.25) is 5.89 Å². The van der Waals surface area contributed by atoms with Crippen LogP contribution < -0.4 is 9.47 Å². The summed E-state index contributed by atoms with van der Waals surface area (Å²) in [5.41, 5.74) is 3.38. The summed E-state index contributed by atoms with van der Waals surface area (Å²) in [6, 6.07) is 20.9. The topological polar surface area (TPSA) is 94.7 Å². The van der Waals surface area contributed by atoms with E-state index in [0.717, 1.165) is 28.3 Å². The number of ether oxygens (including phenoxy) is 2. The first-order chi connectivity index (χ1) is 16.6. The van der Waals surface area contributed by atoms with E-state index in [0.29, 0.717) is 36.8 Å². The van der Waals surface area contributed by atoms with Crippen LogP contribution in [0.3, 0.4) is 0 Å². The van der Waals surface area contributed by atoms with Crippen molar-refractivity contribution in [3.63, 3.8) is 0 Å². The van der Waals surface area contributed by atoms with Gasteiger partial charge in [0.1, 0.15) is 23.9 Å². The Bertz CT molecular complexity index is 1220. The number of aryl methyl sites for hydroxylation is 2. The van der Waals surface area contributed by atoms with Gasteiger partial charge in [-0.25, -0.2) is 4.98 Å². The van der Waals surface area contributed by atoms with Crippen molar-refractivity contribution < 1.29 is 23.8 Å². The van der Waals surface area contributed by atoms with Crippen LogP contribution in [0.25, 0.3) is 11.5 Å². The number of carboxylic acid groups (broad SMARTS) is 1. The van der Waals surface area contributed by atoms with E-state index in [2.05, 4.69) is 9.97 Å². The first-order valence-corrected chi connectivity index (χ1v) is 11.1. The van der Waals surface area contributed by atoms with Crippen molar-refractivity contribution in [1.82, 2.24) is 9.97 Å². The Morgan fingerprint density at radius 2 is 1.82 bits per heavy atom. The van der Waals surface area contributed by atoms with E-state index in [4.69, 9.17) is 19.0 Å². The molecule has 0 unspecified atom stereocenters. The quantitative estimate of drug-likeness (QED) is 0.327. The number of rotatable bonds is 11. The first kappa shape index (κ1) is 23.0. The molecule has 2 aromatic heterocycles. The molecular formula is C27H26N2O5. The average Bonchev–Trinajstić information content (AvgIpc) is 3.23. The fraction of sp³-hybridized carbons (Fsp3) is 0.222. The highest BCUT2D eigenvalue weighted by Gasteiger charge is 2.13. The SMILES string of the molecule is Cc1oc(-c2ccccc2)nc1CCOc1ccc(CCC(=O)O)c(OCc2ccccn2)c1. The van der Waals surface area contributed by atoms with E-state index in [1.165, 1.54) is 0 Å². The van der Waals surface area contributed by atoms with Gasteiger partial charge in [-0.3, -0.25) is 9.78 Å². The van der Waals surface area contributed by atoms with Crippen LogP contribution in [0.1, 0.15) is 29.1 Å². The molecule has 0 aliphatic carbocycles. The van der Waals surface area contributed by atoms with Crippen molar-refractivity contribution >= 4 is 5.97 Å².